The van der Waals surface area contributed by atoms with Gasteiger partial charge in [0.05, 0.1) is 44.8 Å². The number of amides is 1. The number of piperidine rings is 1. The van der Waals surface area contributed by atoms with E-state index in [0.717, 1.165) is 86.9 Å². The Morgan fingerprint density at radius 3 is 2.64 bits per heavy atom. The van der Waals surface area contributed by atoms with Gasteiger partial charge in [-0.3, -0.25) is 9.69 Å². The molecule has 3 aliphatic heterocycles. The molecule has 1 aromatic heterocycles. The summed E-state index contributed by atoms with van der Waals surface area (Å²) in [5, 5.41) is 6.09. The summed E-state index contributed by atoms with van der Waals surface area (Å²) in [5.74, 6) is 1.81. The molecule has 45 heavy (non-hydrogen) atoms. The summed E-state index contributed by atoms with van der Waals surface area (Å²) in [7, 11) is 1.70. The lowest BCUT2D eigenvalue weighted by Crippen LogP contribution is -2.49. The predicted molar refractivity (Wildman–Crippen MR) is 175 cm³/mol. The highest BCUT2D eigenvalue weighted by molar-refractivity contribution is 5.98. The molecule has 0 radical (unpaired) electrons. The van der Waals surface area contributed by atoms with Gasteiger partial charge < -0.3 is 34.5 Å². The van der Waals surface area contributed by atoms with Crippen LogP contribution in [0.2, 0.25) is 0 Å². The first-order chi connectivity index (χ1) is 22.1. The van der Waals surface area contributed by atoms with Gasteiger partial charge in [-0.2, -0.15) is 4.98 Å². The zero-order valence-electron chi connectivity index (χ0n) is 25.7. The van der Waals surface area contributed by atoms with E-state index in [4.69, 9.17) is 23.9 Å². The van der Waals surface area contributed by atoms with Crippen LogP contribution in [0.25, 0.3) is 5.57 Å². The summed E-state index contributed by atoms with van der Waals surface area (Å²) < 4.78 is 23.2. The van der Waals surface area contributed by atoms with Gasteiger partial charge in [-0.1, -0.05) is 18.7 Å². The highest BCUT2D eigenvalue weighted by Gasteiger charge is 2.27. The number of nitrogens with one attached hydrogen (secondary N) is 2. The van der Waals surface area contributed by atoms with E-state index in [0.29, 0.717) is 42.5 Å². The molecule has 3 aliphatic rings. The number of morpholine rings is 1. The van der Waals surface area contributed by atoms with E-state index in [-0.39, 0.29) is 5.91 Å². The van der Waals surface area contributed by atoms with Crippen molar-refractivity contribution in [1.29, 1.82) is 0 Å². The monoisotopic (exact) mass is 612 g/mol. The molecule has 2 N–H and O–H groups in total. The molecule has 0 saturated carbocycles. The van der Waals surface area contributed by atoms with Gasteiger partial charge in [-0.15, -0.1) is 0 Å². The molecule has 236 valence electrons. The van der Waals surface area contributed by atoms with Crippen molar-refractivity contribution in [3.05, 3.63) is 73.0 Å². The summed E-state index contributed by atoms with van der Waals surface area (Å²) in [4.78, 5) is 26.2. The molecule has 11 nitrogen and oxygen atoms in total. The third-order valence-corrected chi connectivity index (χ3v) is 8.37. The van der Waals surface area contributed by atoms with Crippen LogP contribution in [0.3, 0.4) is 0 Å². The number of hydrogen-bond donors (Lipinski definition) is 2. The third kappa shape index (κ3) is 7.62. The molecular weight excluding hydrogens is 572 g/mol. The Hall–Kier alpha value is -4.45. The largest absolute Gasteiger partial charge is 0.495 e. The second-order valence-corrected chi connectivity index (χ2v) is 11.2. The van der Waals surface area contributed by atoms with Crippen LogP contribution in [0.15, 0.2) is 67.4 Å². The smallest absolute Gasteiger partial charge is 0.247 e. The molecule has 3 aromatic rings. The van der Waals surface area contributed by atoms with Gasteiger partial charge in [0.1, 0.15) is 11.5 Å². The number of carbonyl (C=O) groups excluding carboxylic acids is 1. The van der Waals surface area contributed by atoms with E-state index in [1.807, 2.05) is 24.3 Å². The van der Waals surface area contributed by atoms with Gasteiger partial charge in [0.2, 0.25) is 17.7 Å². The SMILES string of the molecule is C=CC(=O)Nc1cccc(Oc2nc(Nc3ccc(N4CCC(N5CCOCC5)CC4)c(OC)c3)ncc2C2=CCOCC2)c1. The number of ether oxygens (including phenoxy) is 4. The van der Waals surface area contributed by atoms with Crippen LogP contribution in [0, 0.1) is 0 Å². The van der Waals surface area contributed by atoms with Crippen LogP contribution in [-0.4, -0.2) is 86.5 Å². The zero-order chi connectivity index (χ0) is 31.0. The topological polar surface area (TPSA) is 110 Å². The molecule has 0 spiro atoms. The van der Waals surface area contributed by atoms with Crippen molar-refractivity contribution in [1.82, 2.24) is 14.9 Å². The Morgan fingerprint density at radius 2 is 1.89 bits per heavy atom. The molecule has 2 saturated heterocycles. The number of hydrogen-bond acceptors (Lipinski definition) is 10. The van der Waals surface area contributed by atoms with Crippen LogP contribution in [0.5, 0.6) is 17.4 Å². The van der Waals surface area contributed by atoms with Crippen LogP contribution in [0.4, 0.5) is 23.0 Å². The summed E-state index contributed by atoms with van der Waals surface area (Å²) in [6.07, 6.45) is 7.99. The minimum absolute atomic E-state index is 0.298. The Kier molecular flexibility index (Phi) is 9.89. The second kappa shape index (κ2) is 14.6. The lowest BCUT2D eigenvalue weighted by Gasteiger charge is -2.41. The lowest BCUT2D eigenvalue weighted by atomic mass is 10.0. The van der Waals surface area contributed by atoms with Gasteiger partial charge in [0.25, 0.3) is 0 Å². The summed E-state index contributed by atoms with van der Waals surface area (Å²) in [5.41, 5.74) is 4.32. The van der Waals surface area contributed by atoms with Crippen LogP contribution in [-0.2, 0) is 14.3 Å². The van der Waals surface area contributed by atoms with Gasteiger partial charge >= 0.3 is 0 Å². The third-order valence-electron chi connectivity index (χ3n) is 8.37. The molecule has 2 fully saturated rings. The molecule has 2 aromatic carbocycles. The summed E-state index contributed by atoms with van der Waals surface area (Å²) >= 11 is 0. The maximum absolute atomic E-state index is 11.8. The van der Waals surface area contributed by atoms with Crippen molar-refractivity contribution in [3.8, 4) is 17.4 Å². The maximum atomic E-state index is 11.8. The van der Waals surface area contributed by atoms with Gasteiger partial charge in [0.15, 0.2) is 0 Å². The fourth-order valence-electron chi connectivity index (χ4n) is 6.00. The van der Waals surface area contributed by atoms with Crippen molar-refractivity contribution in [2.24, 2.45) is 0 Å². The zero-order valence-corrected chi connectivity index (χ0v) is 25.7. The number of methoxy groups -OCH3 is 1. The van der Waals surface area contributed by atoms with Crippen molar-refractivity contribution in [2.45, 2.75) is 25.3 Å². The average molecular weight is 613 g/mol. The first-order valence-electron chi connectivity index (χ1n) is 15.5. The number of anilines is 4. The van der Waals surface area contributed by atoms with E-state index in [2.05, 4.69) is 38.1 Å². The first-order valence-corrected chi connectivity index (χ1v) is 15.5. The standard InChI is InChI=1S/C34H40N6O5/c1-3-32(41)36-25-5-4-6-28(21-25)45-33-29(24-11-17-43-18-12-24)23-35-34(38-33)37-26-7-8-30(31(22-26)42-2)40-13-9-27(10-14-40)39-15-19-44-20-16-39/h3-8,11,21-23,27H,1,9-10,12-20H2,2H3,(H,36,41)(H,35,37,38). The van der Waals surface area contributed by atoms with E-state index in [1.165, 1.54) is 6.08 Å². The van der Waals surface area contributed by atoms with Crippen molar-refractivity contribution in [2.75, 3.05) is 75.2 Å². The van der Waals surface area contributed by atoms with Gasteiger partial charge in [-0.05, 0) is 55.2 Å². The number of aromatic nitrogens is 2. The highest BCUT2D eigenvalue weighted by Crippen LogP contribution is 2.36. The first kappa shape index (κ1) is 30.6. The molecule has 6 rings (SSSR count). The average Bonchev–Trinajstić information content (AvgIpc) is 3.09. The molecule has 11 heteroatoms. The molecule has 0 aliphatic carbocycles. The van der Waals surface area contributed by atoms with E-state index in [9.17, 15) is 4.79 Å². The fourth-order valence-corrected chi connectivity index (χ4v) is 6.00. The van der Waals surface area contributed by atoms with E-state index in [1.54, 1.807) is 31.5 Å². The van der Waals surface area contributed by atoms with Crippen molar-refractivity contribution in [3.63, 3.8) is 0 Å². The molecule has 0 bridgehead atoms. The number of rotatable bonds is 10. The van der Waals surface area contributed by atoms with E-state index >= 15 is 0 Å². The summed E-state index contributed by atoms with van der Waals surface area (Å²) in [6.45, 7) is 10.3. The van der Waals surface area contributed by atoms with Gasteiger partial charge in [0, 0.05) is 61.9 Å². The quantitative estimate of drug-likeness (QED) is 0.295. The van der Waals surface area contributed by atoms with Gasteiger partial charge in [-0.25, -0.2) is 4.98 Å². The molecule has 4 heterocycles. The van der Waals surface area contributed by atoms with E-state index < -0.39 is 0 Å². The molecule has 0 unspecified atom stereocenters. The number of carbonyl (C=O) groups is 1. The normalized spacial score (nSPS) is 17.7. The van der Waals surface area contributed by atoms with Crippen LogP contribution < -0.4 is 25.0 Å². The molecule has 0 atom stereocenters. The predicted octanol–water partition coefficient (Wildman–Crippen LogP) is 5.25. The minimum Gasteiger partial charge on any atom is -0.495 e. The van der Waals surface area contributed by atoms with Crippen LogP contribution in [0.1, 0.15) is 24.8 Å². The van der Waals surface area contributed by atoms with Crippen molar-refractivity contribution >= 4 is 34.5 Å². The number of benzene rings is 2. The highest BCUT2D eigenvalue weighted by atomic mass is 16.5. The Labute approximate surface area is 263 Å². The number of nitrogens with zero attached hydrogens (tertiary/aromatic N) is 4. The van der Waals surface area contributed by atoms with Crippen LogP contribution >= 0.6 is 0 Å². The fraction of sp³-hybridized carbons (Fsp3) is 0.382. The molecular formula is C34H40N6O5. The lowest BCUT2D eigenvalue weighted by molar-refractivity contribution is -0.111. The Bertz CT molecular complexity index is 1530. The minimum atomic E-state index is -0.298. The maximum Gasteiger partial charge on any atom is 0.247 e. The Morgan fingerprint density at radius 1 is 1.04 bits per heavy atom. The summed E-state index contributed by atoms with van der Waals surface area (Å²) in [6, 6.07) is 13.9. The second-order valence-electron chi connectivity index (χ2n) is 11.2. The van der Waals surface area contributed by atoms with Crippen molar-refractivity contribution < 1.29 is 23.7 Å². The Balaban J connectivity index is 1.19. The molecule has 1 amide bonds.